The number of carbonyl (C=O) groups is 5. The Hall–Kier alpha value is -3.12. The lowest BCUT2D eigenvalue weighted by Crippen LogP contribution is -2.58. The predicted octanol–water partition coefficient (Wildman–Crippen LogP) is -1.69. The number of hydrogen-bond acceptors (Lipinski definition) is 7. The molecule has 1 rings (SSSR count). The van der Waals surface area contributed by atoms with Crippen LogP contribution in [-0.4, -0.2) is 64.6 Å². The predicted molar refractivity (Wildman–Crippen MR) is 120 cm³/mol. The van der Waals surface area contributed by atoms with Crippen LogP contribution in [0.25, 0.3) is 0 Å². The van der Waals surface area contributed by atoms with Gasteiger partial charge >= 0.3 is 5.97 Å². The first-order valence-corrected chi connectivity index (χ1v) is 10.5. The van der Waals surface area contributed by atoms with Crippen molar-refractivity contribution < 1.29 is 29.1 Å². The molecule has 0 radical (unpaired) electrons. The maximum absolute atomic E-state index is 12.9. The van der Waals surface area contributed by atoms with Crippen LogP contribution in [0.15, 0.2) is 30.3 Å². The summed E-state index contributed by atoms with van der Waals surface area (Å²) in [7, 11) is 0. The van der Waals surface area contributed by atoms with Crippen molar-refractivity contribution in [3.05, 3.63) is 35.9 Å². The fourth-order valence-corrected chi connectivity index (χ4v) is 2.90. The van der Waals surface area contributed by atoms with E-state index in [2.05, 4.69) is 28.6 Å². The zero-order valence-electron chi connectivity index (χ0n) is 17.6. The monoisotopic (exact) mass is 467 g/mol. The quantitative estimate of drug-likeness (QED) is 0.168. The Bertz CT molecular complexity index is 820. The zero-order valence-corrected chi connectivity index (χ0v) is 18.5. The number of benzene rings is 1. The molecule has 8 N–H and O–H groups in total. The second kappa shape index (κ2) is 13.3. The standard InChI is InChI=1S/C20H29N5O6S/c1-11(21)17(27)25-15(10-32)19(29)24-14(9-12-5-3-2-4-6-12)18(28)23-13(20(30)31)7-8-16(22)26/h2-6,11,13-15,32H,7-10,21H2,1H3,(H2,22,26)(H,23,28)(H,24,29)(H,25,27)(H,30,31). The number of primary amides is 1. The summed E-state index contributed by atoms with van der Waals surface area (Å²) in [5, 5.41) is 16.6. The molecule has 0 saturated carbocycles. The average molecular weight is 468 g/mol. The summed E-state index contributed by atoms with van der Waals surface area (Å²) >= 11 is 4.06. The van der Waals surface area contributed by atoms with Crippen molar-refractivity contribution in [2.24, 2.45) is 11.5 Å². The van der Waals surface area contributed by atoms with E-state index >= 15 is 0 Å². The van der Waals surface area contributed by atoms with Crippen LogP contribution < -0.4 is 27.4 Å². The lowest BCUT2D eigenvalue weighted by atomic mass is 10.0. The molecular weight excluding hydrogens is 438 g/mol. The Morgan fingerprint density at radius 3 is 1.97 bits per heavy atom. The van der Waals surface area contributed by atoms with E-state index in [1.807, 2.05) is 0 Å². The van der Waals surface area contributed by atoms with Gasteiger partial charge < -0.3 is 32.5 Å². The third-order valence-electron chi connectivity index (χ3n) is 4.44. The molecular formula is C20H29N5O6S. The van der Waals surface area contributed by atoms with Gasteiger partial charge in [-0.25, -0.2) is 4.79 Å². The highest BCUT2D eigenvalue weighted by Crippen LogP contribution is 2.06. The van der Waals surface area contributed by atoms with E-state index in [1.54, 1.807) is 30.3 Å². The Morgan fingerprint density at radius 1 is 0.938 bits per heavy atom. The lowest BCUT2D eigenvalue weighted by molar-refractivity contribution is -0.142. The molecule has 0 aliphatic rings. The molecule has 176 valence electrons. The van der Waals surface area contributed by atoms with Crippen LogP contribution in [0, 0.1) is 0 Å². The van der Waals surface area contributed by atoms with Gasteiger partial charge in [0, 0.05) is 18.6 Å². The van der Waals surface area contributed by atoms with Crippen LogP contribution in [-0.2, 0) is 30.4 Å². The zero-order chi connectivity index (χ0) is 24.3. The first-order chi connectivity index (χ1) is 15.0. The molecule has 0 bridgehead atoms. The fraction of sp³-hybridized carbons (Fsp3) is 0.450. The number of hydrogen-bond donors (Lipinski definition) is 7. The molecule has 0 fully saturated rings. The Balaban J connectivity index is 3.01. The number of nitrogens with one attached hydrogen (secondary N) is 3. The number of amides is 4. The van der Waals surface area contributed by atoms with Gasteiger partial charge in [0.05, 0.1) is 6.04 Å². The molecule has 1 aromatic carbocycles. The second-order valence-corrected chi connectivity index (χ2v) is 7.55. The number of carboxylic acid groups (broad SMARTS) is 1. The molecule has 4 atom stereocenters. The summed E-state index contributed by atoms with van der Waals surface area (Å²) in [5.74, 6) is -4.13. The van der Waals surface area contributed by atoms with E-state index < -0.39 is 53.8 Å². The topological polar surface area (TPSA) is 194 Å². The number of rotatable bonds is 13. The molecule has 11 nitrogen and oxygen atoms in total. The lowest BCUT2D eigenvalue weighted by Gasteiger charge is -2.24. The molecule has 0 heterocycles. The SMILES string of the molecule is CC(N)C(=O)NC(CS)C(=O)NC(Cc1ccccc1)C(=O)NC(CCC(N)=O)C(=O)O. The number of aliphatic carboxylic acids is 1. The largest absolute Gasteiger partial charge is 0.480 e. The Morgan fingerprint density at radius 2 is 1.47 bits per heavy atom. The van der Waals surface area contributed by atoms with Gasteiger partial charge in [-0.05, 0) is 18.9 Å². The van der Waals surface area contributed by atoms with Crippen molar-refractivity contribution in [1.29, 1.82) is 0 Å². The molecule has 4 amide bonds. The van der Waals surface area contributed by atoms with Crippen molar-refractivity contribution in [1.82, 2.24) is 16.0 Å². The van der Waals surface area contributed by atoms with Crippen LogP contribution in [0.5, 0.6) is 0 Å². The maximum atomic E-state index is 12.9. The normalized spacial score (nSPS) is 14.3. The molecule has 32 heavy (non-hydrogen) atoms. The van der Waals surface area contributed by atoms with Crippen LogP contribution in [0.4, 0.5) is 0 Å². The van der Waals surface area contributed by atoms with Crippen LogP contribution in [0.2, 0.25) is 0 Å². The Kier molecular flexibility index (Phi) is 11.2. The van der Waals surface area contributed by atoms with Gasteiger partial charge in [-0.2, -0.15) is 12.6 Å². The van der Waals surface area contributed by atoms with Gasteiger partial charge in [-0.15, -0.1) is 0 Å². The van der Waals surface area contributed by atoms with Gasteiger partial charge in [0.25, 0.3) is 0 Å². The fourth-order valence-electron chi connectivity index (χ4n) is 2.64. The first-order valence-electron chi connectivity index (χ1n) is 9.87. The van der Waals surface area contributed by atoms with Crippen LogP contribution in [0.1, 0.15) is 25.3 Å². The number of thiol groups is 1. The smallest absolute Gasteiger partial charge is 0.326 e. The number of carboxylic acids is 1. The van der Waals surface area contributed by atoms with Crippen molar-refractivity contribution in [3.8, 4) is 0 Å². The summed E-state index contributed by atoms with van der Waals surface area (Å²) in [6.45, 7) is 1.45. The summed E-state index contributed by atoms with van der Waals surface area (Å²) in [6.07, 6.45) is -0.384. The summed E-state index contributed by atoms with van der Waals surface area (Å²) in [5.41, 5.74) is 11.3. The molecule has 0 saturated heterocycles. The highest BCUT2D eigenvalue weighted by Gasteiger charge is 2.29. The van der Waals surface area contributed by atoms with Crippen LogP contribution >= 0.6 is 12.6 Å². The van der Waals surface area contributed by atoms with E-state index in [-0.39, 0.29) is 25.0 Å². The van der Waals surface area contributed by atoms with Crippen molar-refractivity contribution >= 4 is 42.2 Å². The second-order valence-electron chi connectivity index (χ2n) is 7.19. The maximum Gasteiger partial charge on any atom is 0.326 e. The third kappa shape index (κ3) is 9.35. The van der Waals surface area contributed by atoms with Gasteiger partial charge in [0.1, 0.15) is 18.1 Å². The highest BCUT2D eigenvalue weighted by molar-refractivity contribution is 7.80. The number of carbonyl (C=O) groups excluding carboxylic acids is 4. The van der Waals surface area contributed by atoms with E-state index in [0.717, 1.165) is 0 Å². The summed E-state index contributed by atoms with van der Waals surface area (Å²) in [4.78, 5) is 59.8. The molecule has 0 spiro atoms. The van der Waals surface area contributed by atoms with Crippen molar-refractivity contribution in [3.63, 3.8) is 0 Å². The van der Waals surface area contributed by atoms with E-state index in [1.165, 1.54) is 6.92 Å². The van der Waals surface area contributed by atoms with E-state index in [0.29, 0.717) is 5.56 Å². The van der Waals surface area contributed by atoms with Gasteiger partial charge in [-0.1, -0.05) is 30.3 Å². The third-order valence-corrected chi connectivity index (χ3v) is 4.80. The minimum Gasteiger partial charge on any atom is -0.480 e. The van der Waals surface area contributed by atoms with Gasteiger partial charge in [0.15, 0.2) is 0 Å². The average Bonchev–Trinajstić information content (AvgIpc) is 2.74. The highest BCUT2D eigenvalue weighted by atomic mass is 32.1. The van der Waals surface area contributed by atoms with E-state index in [9.17, 15) is 29.1 Å². The van der Waals surface area contributed by atoms with Gasteiger partial charge in [0.2, 0.25) is 23.6 Å². The van der Waals surface area contributed by atoms with E-state index in [4.69, 9.17) is 11.5 Å². The molecule has 1 aromatic rings. The molecule has 0 aliphatic carbocycles. The molecule has 0 aliphatic heterocycles. The van der Waals surface area contributed by atoms with Crippen molar-refractivity contribution in [2.75, 3.05) is 5.75 Å². The van der Waals surface area contributed by atoms with Crippen molar-refractivity contribution in [2.45, 2.75) is 50.4 Å². The molecule has 0 aromatic heterocycles. The molecule has 12 heteroatoms. The Labute approximate surface area is 191 Å². The minimum absolute atomic E-state index is 0.0552. The number of nitrogens with two attached hydrogens (primary N) is 2. The summed E-state index contributed by atoms with van der Waals surface area (Å²) < 4.78 is 0. The first kappa shape index (κ1) is 26.9. The summed E-state index contributed by atoms with van der Waals surface area (Å²) in [6, 6.07) is 4.31. The molecule has 4 unspecified atom stereocenters. The minimum atomic E-state index is -1.37. The van der Waals surface area contributed by atoms with Gasteiger partial charge in [-0.3, -0.25) is 19.2 Å². The van der Waals surface area contributed by atoms with Crippen LogP contribution in [0.3, 0.4) is 0 Å².